The molecule has 0 spiro atoms. The zero-order chi connectivity index (χ0) is 15.4. The maximum atomic E-state index is 10.8. The van der Waals surface area contributed by atoms with Crippen LogP contribution in [0.1, 0.15) is 12.5 Å². The molecule has 5 nitrogen and oxygen atoms in total. The number of aromatic nitrogens is 2. The van der Waals surface area contributed by atoms with Gasteiger partial charge in [0.2, 0.25) is 0 Å². The van der Waals surface area contributed by atoms with E-state index in [9.17, 15) is 4.79 Å². The van der Waals surface area contributed by atoms with Crippen molar-refractivity contribution in [2.45, 2.75) is 25.5 Å². The van der Waals surface area contributed by atoms with E-state index in [0.29, 0.717) is 12.5 Å². The van der Waals surface area contributed by atoms with Crippen LogP contribution in [0.15, 0.2) is 23.4 Å². The Bertz CT molecular complexity index is 639. The van der Waals surface area contributed by atoms with Crippen LogP contribution in [0.5, 0.6) is 0 Å². The van der Waals surface area contributed by atoms with Crippen LogP contribution in [0.3, 0.4) is 0 Å². The second-order valence-corrected chi connectivity index (χ2v) is 6.18. The Morgan fingerprint density at radius 1 is 1.52 bits per heavy atom. The lowest BCUT2D eigenvalue weighted by atomic mass is 10.2. The molecule has 0 aliphatic carbocycles. The zero-order valence-electron chi connectivity index (χ0n) is 12.5. The predicted octanol–water partition coefficient (Wildman–Crippen LogP) is 2.80. The van der Waals surface area contributed by atoms with Gasteiger partial charge in [0.05, 0.1) is 23.4 Å². The van der Waals surface area contributed by atoms with E-state index in [0.717, 1.165) is 28.3 Å². The summed E-state index contributed by atoms with van der Waals surface area (Å²) in [6.07, 6.45) is 0. The van der Waals surface area contributed by atoms with Gasteiger partial charge in [-0.25, -0.2) is 4.98 Å². The number of carboxylic acid groups (broad SMARTS) is 1. The van der Waals surface area contributed by atoms with E-state index in [2.05, 4.69) is 22.5 Å². The van der Waals surface area contributed by atoms with Gasteiger partial charge in [-0.3, -0.25) is 4.79 Å². The molecule has 0 aliphatic rings. The molecule has 1 heterocycles. The lowest BCUT2D eigenvalue weighted by Gasteiger charge is -2.14. The predicted molar refractivity (Wildman–Crippen MR) is 83.9 cm³/mol. The number of fused-ring (bicyclic) bond motifs is 1. The Kier molecular flexibility index (Phi) is 5.25. The lowest BCUT2D eigenvalue weighted by molar-refractivity contribution is -0.133. The summed E-state index contributed by atoms with van der Waals surface area (Å²) < 4.78 is 7.29. The second-order valence-electron chi connectivity index (χ2n) is 5.24. The number of ether oxygens (including phenoxy) is 1. The van der Waals surface area contributed by atoms with Gasteiger partial charge < -0.3 is 14.4 Å². The van der Waals surface area contributed by atoms with Crippen molar-refractivity contribution >= 4 is 28.8 Å². The second kappa shape index (κ2) is 6.95. The van der Waals surface area contributed by atoms with Crippen molar-refractivity contribution in [3.63, 3.8) is 0 Å². The molecule has 0 amide bonds. The lowest BCUT2D eigenvalue weighted by Crippen LogP contribution is -2.13. The Labute approximate surface area is 128 Å². The number of rotatable bonds is 7. The quantitative estimate of drug-likeness (QED) is 0.797. The largest absolute Gasteiger partial charge is 0.481 e. The van der Waals surface area contributed by atoms with Crippen LogP contribution in [-0.4, -0.2) is 40.1 Å². The number of imidazole rings is 1. The van der Waals surface area contributed by atoms with Crippen LogP contribution in [0.4, 0.5) is 0 Å². The van der Waals surface area contributed by atoms with Crippen LogP contribution in [-0.2, 0) is 16.1 Å². The van der Waals surface area contributed by atoms with E-state index in [-0.39, 0.29) is 5.75 Å². The van der Waals surface area contributed by atoms with Gasteiger partial charge in [0.25, 0.3) is 0 Å². The Balaban J connectivity index is 2.37. The normalized spacial score (nSPS) is 12.7. The molecule has 2 aromatic rings. The van der Waals surface area contributed by atoms with E-state index >= 15 is 0 Å². The first kappa shape index (κ1) is 15.9. The summed E-state index contributed by atoms with van der Waals surface area (Å²) in [4.78, 5) is 15.4. The molecule has 0 bridgehead atoms. The van der Waals surface area contributed by atoms with Crippen LogP contribution in [0.25, 0.3) is 11.0 Å². The molecule has 0 saturated heterocycles. The number of carboxylic acids is 1. The summed E-state index contributed by atoms with van der Waals surface area (Å²) in [5, 5.41) is 9.62. The molecule has 1 unspecified atom stereocenters. The molecule has 6 heteroatoms. The minimum Gasteiger partial charge on any atom is -0.481 e. The van der Waals surface area contributed by atoms with E-state index < -0.39 is 5.97 Å². The molecule has 0 aliphatic heterocycles. The third kappa shape index (κ3) is 3.98. The van der Waals surface area contributed by atoms with Crippen molar-refractivity contribution in [1.82, 2.24) is 9.55 Å². The maximum Gasteiger partial charge on any atom is 0.313 e. The first-order chi connectivity index (χ1) is 10.0. The number of hydrogen-bond donors (Lipinski definition) is 1. The molecule has 0 radical (unpaired) electrons. The number of benzene rings is 1. The molecule has 0 saturated carbocycles. The summed E-state index contributed by atoms with van der Waals surface area (Å²) >= 11 is 1.26. The van der Waals surface area contributed by atoms with Gasteiger partial charge >= 0.3 is 5.97 Å². The van der Waals surface area contributed by atoms with Crippen LogP contribution in [0, 0.1) is 12.8 Å². The summed E-state index contributed by atoms with van der Waals surface area (Å²) in [7, 11) is 1.69. The van der Waals surface area contributed by atoms with Gasteiger partial charge in [-0.15, -0.1) is 0 Å². The van der Waals surface area contributed by atoms with Gasteiger partial charge in [0, 0.05) is 13.7 Å². The van der Waals surface area contributed by atoms with Crippen molar-refractivity contribution in [1.29, 1.82) is 0 Å². The molecule has 2 rings (SSSR count). The first-order valence-electron chi connectivity index (χ1n) is 6.81. The van der Waals surface area contributed by atoms with Crippen molar-refractivity contribution in [2.75, 3.05) is 19.5 Å². The molecule has 1 aromatic carbocycles. The van der Waals surface area contributed by atoms with Crippen molar-refractivity contribution in [3.8, 4) is 0 Å². The fourth-order valence-corrected chi connectivity index (χ4v) is 3.02. The van der Waals surface area contributed by atoms with Gasteiger partial charge in [0.1, 0.15) is 0 Å². The highest BCUT2D eigenvalue weighted by molar-refractivity contribution is 7.99. The summed E-state index contributed by atoms with van der Waals surface area (Å²) in [6, 6.07) is 6.09. The molecule has 114 valence electrons. The number of aryl methyl sites for hydroxylation is 1. The average molecular weight is 308 g/mol. The van der Waals surface area contributed by atoms with E-state index in [1.807, 2.05) is 19.1 Å². The number of carbonyl (C=O) groups is 1. The SMILES string of the molecule is COCC(C)Cn1c(SCC(=O)O)nc2ccc(C)cc21. The number of hydrogen-bond acceptors (Lipinski definition) is 4. The Morgan fingerprint density at radius 3 is 2.95 bits per heavy atom. The average Bonchev–Trinajstić information content (AvgIpc) is 2.74. The molecular formula is C15H20N2O3S. The van der Waals surface area contributed by atoms with Crippen LogP contribution >= 0.6 is 11.8 Å². The smallest absolute Gasteiger partial charge is 0.313 e. The minimum atomic E-state index is -0.834. The minimum absolute atomic E-state index is 0.0148. The third-order valence-electron chi connectivity index (χ3n) is 3.14. The number of methoxy groups -OCH3 is 1. The van der Waals surface area contributed by atoms with Crippen LogP contribution < -0.4 is 0 Å². The summed E-state index contributed by atoms with van der Waals surface area (Å²) in [5.41, 5.74) is 3.11. The first-order valence-corrected chi connectivity index (χ1v) is 7.80. The van der Waals surface area contributed by atoms with E-state index in [4.69, 9.17) is 9.84 Å². The summed E-state index contributed by atoms with van der Waals surface area (Å²) in [5.74, 6) is -0.488. The highest BCUT2D eigenvalue weighted by Gasteiger charge is 2.15. The summed E-state index contributed by atoms with van der Waals surface area (Å²) in [6.45, 7) is 5.57. The van der Waals surface area contributed by atoms with Gasteiger partial charge in [-0.2, -0.15) is 0 Å². The van der Waals surface area contributed by atoms with Gasteiger partial charge in [0.15, 0.2) is 5.16 Å². The topological polar surface area (TPSA) is 64.3 Å². The zero-order valence-corrected chi connectivity index (χ0v) is 13.3. The van der Waals surface area contributed by atoms with Crippen molar-refractivity contribution < 1.29 is 14.6 Å². The number of nitrogens with zero attached hydrogens (tertiary/aromatic N) is 2. The molecule has 1 N–H and O–H groups in total. The standard InChI is InChI=1S/C15H20N2O3S/c1-10-4-5-12-13(6-10)17(7-11(2)8-20-3)15(16-12)21-9-14(18)19/h4-6,11H,7-9H2,1-3H3,(H,18,19). The highest BCUT2D eigenvalue weighted by atomic mass is 32.2. The number of aliphatic carboxylic acids is 1. The van der Waals surface area contributed by atoms with Crippen molar-refractivity contribution in [2.24, 2.45) is 5.92 Å². The van der Waals surface area contributed by atoms with E-state index in [1.165, 1.54) is 11.8 Å². The fraction of sp³-hybridized carbons (Fsp3) is 0.467. The molecular weight excluding hydrogens is 288 g/mol. The molecule has 1 atom stereocenters. The van der Waals surface area contributed by atoms with Gasteiger partial charge in [-0.05, 0) is 30.5 Å². The molecule has 21 heavy (non-hydrogen) atoms. The van der Waals surface area contributed by atoms with Crippen molar-refractivity contribution in [3.05, 3.63) is 23.8 Å². The fourth-order valence-electron chi connectivity index (χ4n) is 2.27. The highest BCUT2D eigenvalue weighted by Crippen LogP contribution is 2.26. The Morgan fingerprint density at radius 2 is 2.29 bits per heavy atom. The number of thioether (sulfide) groups is 1. The van der Waals surface area contributed by atoms with Crippen LogP contribution in [0.2, 0.25) is 0 Å². The third-order valence-corrected chi connectivity index (χ3v) is 4.10. The maximum absolute atomic E-state index is 10.8. The molecule has 0 fully saturated rings. The Hall–Kier alpha value is -1.53. The van der Waals surface area contributed by atoms with E-state index in [1.54, 1.807) is 7.11 Å². The monoisotopic (exact) mass is 308 g/mol. The van der Waals surface area contributed by atoms with Gasteiger partial charge in [-0.1, -0.05) is 24.8 Å². The molecule has 1 aromatic heterocycles.